The van der Waals surface area contributed by atoms with Gasteiger partial charge in [0.05, 0.1) is 29.8 Å². The molecule has 0 bridgehead atoms. The number of anilines is 2. The van der Waals surface area contributed by atoms with Gasteiger partial charge in [0.1, 0.15) is 11.6 Å². The molecule has 0 aliphatic rings. The van der Waals surface area contributed by atoms with Crippen LogP contribution >= 0.6 is 0 Å². The van der Waals surface area contributed by atoms with Crippen molar-refractivity contribution in [3.63, 3.8) is 0 Å². The van der Waals surface area contributed by atoms with Gasteiger partial charge in [0.15, 0.2) is 0 Å². The van der Waals surface area contributed by atoms with Crippen molar-refractivity contribution in [2.45, 2.75) is 20.0 Å². The van der Waals surface area contributed by atoms with E-state index in [4.69, 9.17) is 4.74 Å². The van der Waals surface area contributed by atoms with Gasteiger partial charge in [-0.2, -0.15) is 0 Å². The lowest BCUT2D eigenvalue weighted by Crippen LogP contribution is -2.25. The van der Waals surface area contributed by atoms with Gasteiger partial charge in [-0.15, -0.1) is 0 Å². The van der Waals surface area contributed by atoms with Crippen molar-refractivity contribution in [1.82, 2.24) is 4.98 Å². The molecule has 19 heavy (non-hydrogen) atoms. The van der Waals surface area contributed by atoms with E-state index in [1.807, 2.05) is 25.8 Å². The quantitative estimate of drug-likeness (QED) is 0.601. The Morgan fingerprint density at radius 3 is 2.74 bits per heavy atom. The molecule has 0 aliphatic carbocycles. The zero-order chi connectivity index (χ0) is 14.4. The molecule has 0 unspecified atom stereocenters. The summed E-state index contributed by atoms with van der Waals surface area (Å²) in [5.41, 5.74) is 0.0194. The van der Waals surface area contributed by atoms with Gasteiger partial charge < -0.3 is 15.0 Å². The second-order valence-electron chi connectivity index (χ2n) is 4.42. The number of rotatable bonds is 7. The Labute approximate surface area is 112 Å². The average molecular weight is 268 g/mol. The third-order valence-electron chi connectivity index (χ3n) is 2.53. The minimum atomic E-state index is -0.426. The average Bonchev–Trinajstić information content (AvgIpc) is 2.37. The summed E-state index contributed by atoms with van der Waals surface area (Å²) in [6.45, 7) is 5.10. The van der Waals surface area contributed by atoms with Gasteiger partial charge in [-0.3, -0.25) is 10.1 Å². The van der Waals surface area contributed by atoms with E-state index in [2.05, 4.69) is 10.3 Å². The van der Waals surface area contributed by atoms with Crippen LogP contribution in [0, 0.1) is 10.1 Å². The minimum Gasteiger partial charge on any atom is -0.377 e. The SMILES string of the molecule is CNc1cc([N+](=O)[O-])cc(N(C)CCOC(C)C)n1. The first-order valence-corrected chi connectivity index (χ1v) is 6.11. The number of likely N-dealkylation sites (N-methyl/N-ethyl adjacent to an activating group) is 1. The molecule has 0 aliphatic heterocycles. The van der Waals surface area contributed by atoms with Crippen molar-refractivity contribution in [1.29, 1.82) is 0 Å². The van der Waals surface area contributed by atoms with Crippen LogP contribution in [0.2, 0.25) is 0 Å². The highest BCUT2D eigenvalue weighted by Crippen LogP contribution is 2.22. The van der Waals surface area contributed by atoms with Gasteiger partial charge in [0.2, 0.25) is 0 Å². The lowest BCUT2D eigenvalue weighted by Gasteiger charge is -2.19. The van der Waals surface area contributed by atoms with Crippen molar-refractivity contribution in [3.05, 3.63) is 22.2 Å². The lowest BCUT2D eigenvalue weighted by molar-refractivity contribution is -0.384. The van der Waals surface area contributed by atoms with Crippen molar-refractivity contribution >= 4 is 17.3 Å². The molecule has 0 fully saturated rings. The van der Waals surface area contributed by atoms with E-state index in [9.17, 15) is 10.1 Å². The molecule has 0 saturated heterocycles. The minimum absolute atomic E-state index is 0.0194. The van der Waals surface area contributed by atoms with Crippen LogP contribution in [-0.4, -0.2) is 43.3 Å². The molecule has 1 rings (SSSR count). The van der Waals surface area contributed by atoms with Crippen LogP contribution in [0.15, 0.2) is 12.1 Å². The molecule has 0 saturated carbocycles. The fourth-order valence-electron chi connectivity index (χ4n) is 1.47. The first-order chi connectivity index (χ1) is 8.93. The van der Waals surface area contributed by atoms with Gasteiger partial charge in [-0.05, 0) is 13.8 Å². The number of nitrogens with one attached hydrogen (secondary N) is 1. The zero-order valence-electron chi connectivity index (χ0n) is 11.7. The Kier molecular flexibility index (Phi) is 5.50. The van der Waals surface area contributed by atoms with Crippen molar-refractivity contribution < 1.29 is 9.66 Å². The highest BCUT2D eigenvalue weighted by atomic mass is 16.6. The molecule has 0 radical (unpaired) electrons. The molecule has 7 heteroatoms. The smallest absolute Gasteiger partial charge is 0.276 e. The standard InChI is InChI=1S/C12H20N4O3/c1-9(2)19-6-5-15(4)12-8-10(16(17)18)7-11(13-3)14-12/h7-9H,5-6H2,1-4H3,(H,13,14). The fourth-order valence-corrected chi connectivity index (χ4v) is 1.47. The van der Waals surface area contributed by atoms with E-state index in [1.54, 1.807) is 7.05 Å². The van der Waals surface area contributed by atoms with Crippen LogP contribution in [0.5, 0.6) is 0 Å². The number of hydrogen-bond acceptors (Lipinski definition) is 6. The van der Waals surface area contributed by atoms with Gasteiger partial charge in [-0.25, -0.2) is 4.98 Å². The van der Waals surface area contributed by atoms with Crippen LogP contribution in [-0.2, 0) is 4.74 Å². The molecule has 1 N–H and O–H groups in total. The maximum atomic E-state index is 10.9. The predicted molar refractivity (Wildman–Crippen MR) is 74.8 cm³/mol. The normalized spacial score (nSPS) is 10.6. The maximum absolute atomic E-state index is 10.9. The van der Waals surface area contributed by atoms with Crippen LogP contribution in [0.1, 0.15) is 13.8 Å². The monoisotopic (exact) mass is 268 g/mol. The number of hydrogen-bond donors (Lipinski definition) is 1. The van der Waals surface area contributed by atoms with Gasteiger partial charge in [-0.1, -0.05) is 0 Å². The Balaban J connectivity index is 2.80. The predicted octanol–water partition coefficient (Wildman–Crippen LogP) is 1.89. The number of pyridine rings is 1. The van der Waals surface area contributed by atoms with Gasteiger partial charge >= 0.3 is 0 Å². The molecule has 1 heterocycles. The summed E-state index contributed by atoms with van der Waals surface area (Å²) in [4.78, 5) is 16.5. The number of aromatic nitrogens is 1. The molecule has 0 spiro atoms. The van der Waals surface area contributed by atoms with E-state index < -0.39 is 4.92 Å². The van der Waals surface area contributed by atoms with E-state index >= 15 is 0 Å². The Bertz CT molecular complexity index is 437. The topological polar surface area (TPSA) is 80.5 Å². The summed E-state index contributed by atoms with van der Waals surface area (Å²) >= 11 is 0. The molecule has 1 aromatic rings. The second-order valence-corrected chi connectivity index (χ2v) is 4.42. The summed E-state index contributed by atoms with van der Waals surface area (Å²) in [6.07, 6.45) is 0.166. The van der Waals surface area contributed by atoms with Crippen molar-refractivity contribution in [2.75, 3.05) is 37.5 Å². The summed E-state index contributed by atoms with van der Waals surface area (Å²) in [6, 6.07) is 2.86. The van der Waals surface area contributed by atoms with Gasteiger partial charge in [0.25, 0.3) is 5.69 Å². The lowest BCUT2D eigenvalue weighted by atomic mass is 10.3. The first kappa shape index (κ1) is 15.2. The number of nitro groups is 1. The molecule has 7 nitrogen and oxygen atoms in total. The molecular weight excluding hydrogens is 248 g/mol. The van der Waals surface area contributed by atoms with E-state index in [0.717, 1.165) is 0 Å². The summed E-state index contributed by atoms with van der Waals surface area (Å²) in [7, 11) is 3.51. The molecule has 0 amide bonds. The van der Waals surface area contributed by atoms with Crippen LogP contribution in [0.3, 0.4) is 0 Å². The van der Waals surface area contributed by atoms with E-state index in [0.29, 0.717) is 24.8 Å². The van der Waals surface area contributed by atoms with Crippen LogP contribution in [0.4, 0.5) is 17.3 Å². The van der Waals surface area contributed by atoms with E-state index in [-0.39, 0.29) is 11.8 Å². The fraction of sp³-hybridized carbons (Fsp3) is 0.583. The van der Waals surface area contributed by atoms with Crippen LogP contribution in [0.25, 0.3) is 0 Å². The Hall–Kier alpha value is -1.89. The summed E-state index contributed by atoms with van der Waals surface area (Å²) in [5.74, 6) is 1.02. The maximum Gasteiger partial charge on any atom is 0.276 e. The third-order valence-corrected chi connectivity index (χ3v) is 2.53. The van der Waals surface area contributed by atoms with Gasteiger partial charge in [0, 0.05) is 20.6 Å². The molecular formula is C12H20N4O3. The second kappa shape index (κ2) is 6.89. The highest BCUT2D eigenvalue weighted by Gasteiger charge is 2.13. The van der Waals surface area contributed by atoms with Crippen molar-refractivity contribution in [3.8, 4) is 0 Å². The number of nitrogens with zero attached hydrogens (tertiary/aromatic N) is 3. The molecule has 106 valence electrons. The Morgan fingerprint density at radius 2 is 2.21 bits per heavy atom. The molecule has 0 atom stereocenters. The van der Waals surface area contributed by atoms with Crippen molar-refractivity contribution in [2.24, 2.45) is 0 Å². The zero-order valence-corrected chi connectivity index (χ0v) is 11.7. The highest BCUT2D eigenvalue weighted by molar-refractivity contribution is 5.55. The first-order valence-electron chi connectivity index (χ1n) is 6.11. The molecule has 1 aromatic heterocycles. The third kappa shape index (κ3) is 4.70. The molecule has 0 aromatic carbocycles. The summed E-state index contributed by atoms with van der Waals surface area (Å²) in [5, 5.41) is 13.7. The van der Waals surface area contributed by atoms with Crippen LogP contribution < -0.4 is 10.2 Å². The largest absolute Gasteiger partial charge is 0.377 e. The summed E-state index contributed by atoms with van der Waals surface area (Å²) < 4.78 is 5.45. The Morgan fingerprint density at radius 1 is 1.53 bits per heavy atom. The number of ether oxygens (including phenoxy) is 1. The van der Waals surface area contributed by atoms with E-state index in [1.165, 1.54) is 12.1 Å².